The Kier molecular flexibility index (Phi) is 0.887. The SMILES string of the molecule is O=c1cccc2[nH]ncn12. The minimum absolute atomic E-state index is 0.0637. The van der Waals surface area contributed by atoms with Crippen LogP contribution < -0.4 is 5.56 Å². The maximum absolute atomic E-state index is 10.9. The molecular weight excluding hydrogens is 130 g/mol. The third-order valence-electron chi connectivity index (χ3n) is 1.34. The van der Waals surface area contributed by atoms with Gasteiger partial charge in [-0.3, -0.25) is 9.89 Å². The zero-order chi connectivity index (χ0) is 6.97. The molecule has 2 aromatic heterocycles. The summed E-state index contributed by atoms with van der Waals surface area (Å²) in [6.45, 7) is 0. The number of hydrogen-bond donors (Lipinski definition) is 1. The first-order valence-electron chi connectivity index (χ1n) is 2.89. The summed E-state index contributed by atoms with van der Waals surface area (Å²) in [4.78, 5) is 10.9. The predicted molar refractivity (Wildman–Crippen MR) is 35.8 cm³/mol. The van der Waals surface area contributed by atoms with Gasteiger partial charge in [0.2, 0.25) is 0 Å². The van der Waals surface area contributed by atoms with E-state index < -0.39 is 0 Å². The number of nitrogens with zero attached hydrogens (tertiary/aromatic N) is 2. The zero-order valence-electron chi connectivity index (χ0n) is 5.11. The van der Waals surface area contributed by atoms with E-state index in [1.165, 1.54) is 16.8 Å². The lowest BCUT2D eigenvalue weighted by Crippen LogP contribution is -2.08. The smallest absolute Gasteiger partial charge is 0.257 e. The quantitative estimate of drug-likeness (QED) is 0.553. The average Bonchev–Trinajstić information content (AvgIpc) is 2.36. The molecule has 0 saturated carbocycles. The highest BCUT2D eigenvalue weighted by molar-refractivity contribution is 5.34. The van der Waals surface area contributed by atoms with Crippen LogP contribution in [0.5, 0.6) is 0 Å². The van der Waals surface area contributed by atoms with Gasteiger partial charge in [0, 0.05) is 6.07 Å². The van der Waals surface area contributed by atoms with Crippen molar-refractivity contribution in [1.29, 1.82) is 0 Å². The largest absolute Gasteiger partial charge is 0.269 e. The summed E-state index contributed by atoms with van der Waals surface area (Å²) in [5.74, 6) is 0. The third kappa shape index (κ3) is 0.556. The van der Waals surface area contributed by atoms with Gasteiger partial charge in [-0.15, -0.1) is 0 Å². The van der Waals surface area contributed by atoms with Gasteiger partial charge in [-0.25, -0.2) is 4.40 Å². The van der Waals surface area contributed by atoms with E-state index in [0.717, 1.165) is 0 Å². The molecule has 0 spiro atoms. The number of fused-ring (bicyclic) bond motifs is 1. The van der Waals surface area contributed by atoms with Crippen molar-refractivity contribution in [2.24, 2.45) is 0 Å². The maximum atomic E-state index is 10.9. The number of nitrogens with one attached hydrogen (secondary N) is 1. The van der Waals surface area contributed by atoms with E-state index in [1.54, 1.807) is 12.1 Å². The fourth-order valence-electron chi connectivity index (χ4n) is 0.864. The van der Waals surface area contributed by atoms with Crippen molar-refractivity contribution >= 4 is 5.65 Å². The Bertz CT molecular complexity index is 400. The molecule has 0 atom stereocenters. The van der Waals surface area contributed by atoms with Crippen molar-refractivity contribution in [3.8, 4) is 0 Å². The fourth-order valence-corrected chi connectivity index (χ4v) is 0.864. The highest BCUT2D eigenvalue weighted by Gasteiger charge is 1.92. The van der Waals surface area contributed by atoms with Crippen LogP contribution in [0, 0.1) is 0 Å². The molecule has 0 radical (unpaired) electrons. The Morgan fingerprint density at radius 1 is 1.50 bits per heavy atom. The second-order valence-corrected chi connectivity index (χ2v) is 1.98. The number of rotatable bonds is 0. The zero-order valence-corrected chi connectivity index (χ0v) is 5.11. The van der Waals surface area contributed by atoms with Gasteiger partial charge in [-0.05, 0) is 6.07 Å². The van der Waals surface area contributed by atoms with Gasteiger partial charge in [0.25, 0.3) is 5.56 Å². The van der Waals surface area contributed by atoms with Crippen molar-refractivity contribution in [3.05, 3.63) is 34.9 Å². The normalized spacial score (nSPS) is 10.4. The van der Waals surface area contributed by atoms with E-state index in [0.29, 0.717) is 5.65 Å². The molecule has 0 unspecified atom stereocenters. The standard InChI is InChI=1S/C6H5N3O/c10-6-3-1-2-5-8-7-4-9(5)6/h1-4,8H. The van der Waals surface area contributed by atoms with E-state index in [-0.39, 0.29) is 5.56 Å². The van der Waals surface area contributed by atoms with Crippen LogP contribution >= 0.6 is 0 Å². The molecule has 4 heteroatoms. The molecule has 0 aromatic carbocycles. The third-order valence-corrected chi connectivity index (χ3v) is 1.34. The van der Waals surface area contributed by atoms with Gasteiger partial charge in [-0.2, -0.15) is 5.10 Å². The molecule has 2 rings (SSSR count). The number of aromatic nitrogens is 3. The lowest BCUT2D eigenvalue weighted by molar-refractivity contribution is 1.08. The van der Waals surface area contributed by atoms with Gasteiger partial charge in [0.1, 0.15) is 12.0 Å². The molecule has 0 fully saturated rings. The van der Waals surface area contributed by atoms with Crippen LogP contribution in [0.4, 0.5) is 0 Å². The van der Waals surface area contributed by atoms with Gasteiger partial charge in [0.05, 0.1) is 0 Å². The number of aromatic amines is 1. The molecule has 0 bridgehead atoms. The minimum Gasteiger partial charge on any atom is -0.269 e. The van der Waals surface area contributed by atoms with Gasteiger partial charge in [0.15, 0.2) is 0 Å². The summed E-state index contributed by atoms with van der Waals surface area (Å²) in [6, 6.07) is 4.97. The summed E-state index contributed by atoms with van der Waals surface area (Å²) in [7, 11) is 0. The predicted octanol–water partition coefficient (Wildman–Crippen LogP) is 0.0226. The van der Waals surface area contributed by atoms with Crippen molar-refractivity contribution in [2.75, 3.05) is 0 Å². The number of pyridine rings is 1. The monoisotopic (exact) mass is 135 g/mol. The van der Waals surface area contributed by atoms with Crippen molar-refractivity contribution in [1.82, 2.24) is 14.6 Å². The van der Waals surface area contributed by atoms with Crippen LogP contribution in [0.1, 0.15) is 0 Å². The van der Waals surface area contributed by atoms with E-state index in [2.05, 4.69) is 10.2 Å². The Morgan fingerprint density at radius 2 is 2.40 bits per heavy atom. The minimum atomic E-state index is -0.0637. The Labute approximate surface area is 56.1 Å². The molecule has 2 heterocycles. The van der Waals surface area contributed by atoms with E-state index in [9.17, 15) is 4.79 Å². The first kappa shape index (κ1) is 5.22. The Balaban J connectivity index is 3.09. The lowest BCUT2D eigenvalue weighted by Gasteiger charge is -1.85. The van der Waals surface area contributed by atoms with Crippen molar-refractivity contribution < 1.29 is 0 Å². The highest BCUT2D eigenvalue weighted by Crippen LogP contribution is 1.89. The van der Waals surface area contributed by atoms with Crippen LogP contribution in [0.3, 0.4) is 0 Å². The molecule has 10 heavy (non-hydrogen) atoms. The number of H-pyrrole nitrogens is 1. The van der Waals surface area contributed by atoms with Gasteiger partial charge < -0.3 is 0 Å². The molecule has 0 aliphatic heterocycles. The molecule has 0 aliphatic rings. The topological polar surface area (TPSA) is 50.2 Å². The second-order valence-electron chi connectivity index (χ2n) is 1.98. The van der Waals surface area contributed by atoms with Gasteiger partial charge >= 0.3 is 0 Å². The second kappa shape index (κ2) is 1.70. The molecule has 1 N–H and O–H groups in total. The maximum Gasteiger partial charge on any atom is 0.257 e. The Morgan fingerprint density at radius 3 is 3.20 bits per heavy atom. The summed E-state index contributed by atoms with van der Waals surface area (Å²) in [6.07, 6.45) is 1.46. The van der Waals surface area contributed by atoms with Crippen LogP contribution in [0.2, 0.25) is 0 Å². The van der Waals surface area contributed by atoms with E-state index in [4.69, 9.17) is 0 Å². The van der Waals surface area contributed by atoms with Crippen LogP contribution in [0.15, 0.2) is 29.3 Å². The molecule has 0 amide bonds. The summed E-state index contributed by atoms with van der Waals surface area (Å²) in [5.41, 5.74) is 0.652. The average molecular weight is 135 g/mol. The fraction of sp³-hybridized carbons (Fsp3) is 0. The van der Waals surface area contributed by atoms with Crippen LogP contribution in [-0.2, 0) is 0 Å². The van der Waals surface area contributed by atoms with E-state index in [1.807, 2.05) is 0 Å². The molecule has 4 nitrogen and oxygen atoms in total. The number of hydrogen-bond acceptors (Lipinski definition) is 2. The summed E-state index contributed by atoms with van der Waals surface area (Å²) < 4.78 is 1.44. The summed E-state index contributed by atoms with van der Waals surface area (Å²) >= 11 is 0. The first-order valence-corrected chi connectivity index (χ1v) is 2.89. The van der Waals surface area contributed by atoms with E-state index >= 15 is 0 Å². The Hall–Kier alpha value is -1.58. The van der Waals surface area contributed by atoms with Crippen LogP contribution in [-0.4, -0.2) is 14.6 Å². The molecule has 0 aliphatic carbocycles. The van der Waals surface area contributed by atoms with Crippen molar-refractivity contribution in [2.45, 2.75) is 0 Å². The van der Waals surface area contributed by atoms with Crippen LogP contribution in [0.25, 0.3) is 5.65 Å². The summed E-state index contributed by atoms with van der Waals surface area (Å²) in [5, 5.41) is 6.37. The van der Waals surface area contributed by atoms with Gasteiger partial charge in [-0.1, -0.05) is 6.07 Å². The molecule has 2 aromatic rings. The van der Waals surface area contributed by atoms with Crippen molar-refractivity contribution in [3.63, 3.8) is 0 Å². The molecular formula is C6H5N3O. The molecule has 50 valence electrons. The molecule has 0 saturated heterocycles. The lowest BCUT2D eigenvalue weighted by atomic mass is 10.5. The highest BCUT2D eigenvalue weighted by atomic mass is 16.1. The first-order chi connectivity index (χ1) is 4.88.